The molecule has 0 aliphatic rings. The van der Waals surface area contributed by atoms with Crippen LogP contribution in [0.5, 0.6) is 0 Å². The molecule has 0 saturated carbocycles. The van der Waals surface area contributed by atoms with Crippen LogP contribution in [0.15, 0.2) is 48.5 Å². The minimum absolute atomic E-state index is 0.153. The molecule has 6 nitrogen and oxygen atoms in total. The number of nitrogens with zero attached hydrogens (tertiary/aromatic N) is 2. The summed E-state index contributed by atoms with van der Waals surface area (Å²) in [5.74, 6) is 0.565. The summed E-state index contributed by atoms with van der Waals surface area (Å²) in [5, 5.41) is 5.58. The Kier molecular flexibility index (Phi) is 4.79. The molecule has 6 heteroatoms. The lowest BCUT2D eigenvalue weighted by atomic mass is 10.2. The summed E-state index contributed by atoms with van der Waals surface area (Å²) in [4.78, 5) is 28.6. The van der Waals surface area contributed by atoms with E-state index in [9.17, 15) is 9.59 Å². The van der Waals surface area contributed by atoms with Gasteiger partial charge in [-0.15, -0.1) is 0 Å². The van der Waals surface area contributed by atoms with E-state index in [4.69, 9.17) is 0 Å². The first-order valence-electron chi connectivity index (χ1n) is 8.11. The lowest BCUT2D eigenvalue weighted by Gasteiger charge is -2.07. The number of imidazole rings is 1. The van der Waals surface area contributed by atoms with Crippen LogP contribution in [0.2, 0.25) is 0 Å². The molecule has 3 rings (SSSR count). The molecule has 0 radical (unpaired) electrons. The molecule has 0 aliphatic heterocycles. The standard InChI is InChI=1S/C19H20N4O2/c1-13-22-16-12-15(8-9-17(16)23(13)2)19(25)21-11-10-20-18(24)14-6-4-3-5-7-14/h3-9,12H,10-11H2,1-2H3,(H,20,24)(H,21,25). The van der Waals surface area contributed by atoms with Gasteiger partial charge in [0.25, 0.3) is 11.8 Å². The van der Waals surface area contributed by atoms with E-state index in [1.54, 1.807) is 24.3 Å². The first kappa shape index (κ1) is 16.7. The number of nitrogens with one attached hydrogen (secondary N) is 2. The lowest BCUT2D eigenvalue weighted by molar-refractivity contribution is 0.0928. The van der Waals surface area contributed by atoms with Crippen LogP contribution >= 0.6 is 0 Å². The molecule has 1 aromatic heterocycles. The molecule has 2 amide bonds. The monoisotopic (exact) mass is 336 g/mol. The number of fused-ring (bicyclic) bond motifs is 1. The van der Waals surface area contributed by atoms with Crippen molar-refractivity contribution in [2.24, 2.45) is 7.05 Å². The summed E-state index contributed by atoms with van der Waals surface area (Å²) in [6.45, 7) is 2.65. The highest BCUT2D eigenvalue weighted by Gasteiger charge is 2.10. The molecule has 0 fully saturated rings. The Morgan fingerprint density at radius 1 is 0.960 bits per heavy atom. The molecule has 0 saturated heterocycles. The van der Waals surface area contributed by atoms with E-state index in [1.165, 1.54) is 0 Å². The van der Waals surface area contributed by atoms with Crippen LogP contribution < -0.4 is 10.6 Å². The molecule has 1 heterocycles. The summed E-state index contributed by atoms with van der Waals surface area (Å²) in [5.41, 5.74) is 2.94. The van der Waals surface area contributed by atoms with Gasteiger partial charge in [0, 0.05) is 31.3 Å². The second-order valence-corrected chi connectivity index (χ2v) is 5.80. The van der Waals surface area contributed by atoms with E-state index < -0.39 is 0 Å². The van der Waals surface area contributed by atoms with Crippen molar-refractivity contribution in [3.05, 3.63) is 65.5 Å². The van der Waals surface area contributed by atoms with Crippen molar-refractivity contribution >= 4 is 22.8 Å². The van der Waals surface area contributed by atoms with Gasteiger partial charge in [0.15, 0.2) is 0 Å². The number of carbonyl (C=O) groups excluding carboxylic acids is 2. The number of carbonyl (C=O) groups is 2. The third kappa shape index (κ3) is 3.68. The molecule has 3 aromatic rings. The van der Waals surface area contributed by atoms with Gasteiger partial charge in [0.1, 0.15) is 5.82 Å². The van der Waals surface area contributed by atoms with E-state index in [2.05, 4.69) is 15.6 Å². The van der Waals surface area contributed by atoms with Crippen LogP contribution in [0.4, 0.5) is 0 Å². The number of hydrogen-bond donors (Lipinski definition) is 2. The van der Waals surface area contributed by atoms with Crippen LogP contribution in [-0.4, -0.2) is 34.5 Å². The third-order valence-electron chi connectivity index (χ3n) is 4.10. The molecular formula is C19H20N4O2. The van der Waals surface area contributed by atoms with Crippen molar-refractivity contribution in [3.63, 3.8) is 0 Å². The van der Waals surface area contributed by atoms with Gasteiger partial charge in [-0.1, -0.05) is 18.2 Å². The zero-order chi connectivity index (χ0) is 17.8. The zero-order valence-electron chi connectivity index (χ0n) is 14.2. The van der Waals surface area contributed by atoms with Crippen LogP contribution in [0.1, 0.15) is 26.5 Å². The van der Waals surface area contributed by atoms with Crippen molar-refractivity contribution < 1.29 is 9.59 Å². The van der Waals surface area contributed by atoms with Crippen LogP contribution in [0.3, 0.4) is 0 Å². The fourth-order valence-electron chi connectivity index (χ4n) is 2.61. The van der Waals surface area contributed by atoms with Crippen molar-refractivity contribution in [1.29, 1.82) is 0 Å². The Hall–Kier alpha value is -3.15. The Labute approximate surface area is 145 Å². The van der Waals surface area contributed by atoms with Gasteiger partial charge < -0.3 is 15.2 Å². The summed E-state index contributed by atoms with van der Waals surface area (Å²) in [7, 11) is 1.94. The van der Waals surface area contributed by atoms with Crippen LogP contribution in [0.25, 0.3) is 11.0 Å². The summed E-state index contributed by atoms with van der Waals surface area (Å²) in [6.07, 6.45) is 0. The highest BCUT2D eigenvalue weighted by molar-refractivity contribution is 5.97. The highest BCUT2D eigenvalue weighted by Crippen LogP contribution is 2.16. The predicted octanol–water partition coefficient (Wildman–Crippen LogP) is 2.04. The largest absolute Gasteiger partial charge is 0.350 e. The molecular weight excluding hydrogens is 316 g/mol. The SMILES string of the molecule is Cc1nc2cc(C(=O)NCCNC(=O)c3ccccc3)ccc2n1C. The Morgan fingerprint density at radius 2 is 1.60 bits per heavy atom. The second kappa shape index (κ2) is 7.17. The van der Waals surface area contributed by atoms with Gasteiger partial charge in [-0.05, 0) is 37.3 Å². The fourth-order valence-corrected chi connectivity index (χ4v) is 2.61. The molecule has 25 heavy (non-hydrogen) atoms. The van der Waals surface area contributed by atoms with Gasteiger partial charge in [0.2, 0.25) is 0 Å². The number of aryl methyl sites for hydroxylation is 2. The normalized spacial score (nSPS) is 10.6. The highest BCUT2D eigenvalue weighted by atomic mass is 16.2. The molecule has 0 aliphatic carbocycles. The maximum absolute atomic E-state index is 12.2. The predicted molar refractivity (Wildman–Crippen MR) is 96.6 cm³/mol. The quantitative estimate of drug-likeness (QED) is 0.700. The average Bonchev–Trinajstić information content (AvgIpc) is 2.92. The van der Waals surface area contributed by atoms with Gasteiger partial charge in [-0.2, -0.15) is 0 Å². The van der Waals surface area contributed by atoms with E-state index in [-0.39, 0.29) is 11.8 Å². The number of aromatic nitrogens is 2. The maximum atomic E-state index is 12.2. The van der Waals surface area contributed by atoms with Crippen molar-refractivity contribution in [2.45, 2.75) is 6.92 Å². The topological polar surface area (TPSA) is 76.0 Å². The Bertz CT molecular complexity index is 916. The fraction of sp³-hybridized carbons (Fsp3) is 0.211. The van der Waals surface area contributed by atoms with E-state index >= 15 is 0 Å². The molecule has 0 bridgehead atoms. The molecule has 128 valence electrons. The van der Waals surface area contributed by atoms with E-state index in [0.29, 0.717) is 24.2 Å². The second-order valence-electron chi connectivity index (χ2n) is 5.80. The van der Waals surface area contributed by atoms with Crippen molar-refractivity contribution in [2.75, 3.05) is 13.1 Å². The maximum Gasteiger partial charge on any atom is 0.251 e. The van der Waals surface area contributed by atoms with Crippen LogP contribution in [-0.2, 0) is 7.05 Å². The van der Waals surface area contributed by atoms with Crippen molar-refractivity contribution in [3.8, 4) is 0 Å². The molecule has 2 aromatic carbocycles. The molecule has 0 atom stereocenters. The number of amides is 2. The van der Waals surface area contributed by atoms with Gasteiger partial charge >= 0.3 is 0 Å². The Balaban J connectivity index is 1.53. The zero-order valence-corrected chi connectivity index (χ0v) is 14.2. The third-order valence-corrected chi connectivity index (χ3v) is 4.10. The molecule has 0 unspecified atom stereocenters. The van der Waals surface area contributed by atoms with E-state index in [0.717, 1.165) is 16.9 Å². The number of rotatable bonds is 5. The molecule has 0 spiro atoms. The average molecular weight is 336 g/mol. The minimum Gasteiger partial charge on any atom is -0.350 e. The van der Waals surface area contributed by atoms with Crippen molar-refractivity contribution in [1.82, 2.24) is 20.2 Å². The first-order valence-corrected chi connectivity index (χ1v) is 8.11. The van der Waals surface area contributed by atoms with Gasteiger partial charge in [-0.25, -0.2) is 4.98 Å². The summed E-state index contributed by atoms with van der Waals surface area (Å²) < 4.78 is 1.98. The van der Waals surface area contributed by atoms with Gasteiger partial charge in [-0.3, -0.25) is 9.59 Å². The van der Waals surface area contributed by atoms with E-state index in [1.807, 2.05) is 42.8 Å². The summed E-state index contributed by atoms with van der Waals surface area (Å²) in [6, 6.07) is 14.4. The Morgan fingerprint density at radius 3 is 2.28 bits per heavy atom. The number of benzene rings is 2. The lowest BCUT2D eigenvalue weighted by Crippen LogP contribution is -2.34. The first-order chi connectivity index (χ1) is 12.1. The summed E-state index contributed by atoms with van der Waals surface area (Å²) >= 11 is 0. The van der Waals surface area contributed by atoms with Gasteiger partial charge in [0.05, 0.1) is 11.0 Å². The minimum atomic E-state index is -0.181. The smallest absolute Gasteiger partial charge is 0.251 e. The number of hydrogen-bond acceptors (Lipinski definition) is 3. The van der Waals surface area contributed by atoms with Crippen LogP contribution in [0, 0.1) is 6.92 Å². The molecule has 2 N–H and O–H groups in total.